The first-order chi connectivity index (χ1) is 9.67. The Morgan fingerprint density at radius 3 is 2.67 bits per heavy atom. The number of hydrogen-bond acceptors (Lipinski definition) is 4. The zero-order chi connectivity index (χ0) is 15.8. The summed E-state index contributed by atoms with van der Waals surface area (Å²) in [6.45, 7) is 0.182. The van der Waals surface area contributed by atoms with Crippen LogP contribution in [-0.2, 0) is 14.8 Å². The highest BCUT2D eigenvalue weighted by molar-refractivity contribution is 7.89. The number of carbonyl (C=O) groups excluding carboxylic acids is 1. The van der Waals surface area contributed by atoms with Crippen LogP contribution in [0.5, 0.6) is 0 Å². The van der Waals surface area contributed by atoms with Gasteiger partial charge in [0.15, 0.2) is 0 Å². The van der Waals surface area contributed by atoms with Crippen LogP contribution >= 0.6 is 11.6 Å². The number of carboxylic acid groups (broad SMARTS) is 1. The molecule has 1 aromatic rings. The van der Waals surface area contributed by atoms with Crippen molar-refractivity contribution in [3.8, 4) is 0 Å². The number of nitrogens with two attached hydrogens (primary N) is 1. The minimum Gasteiger partial charge on any atom is -0.478 e. The van der Waals surface area contributed by atoms with Crippen LogP contribution in [0.3, 0.4) is 0 Å². The molecule has 1 heterocycles. The molecule has 1 aromatic carbocycles. The predicted octanol–water partition coefficient (Wildman–Crippen LogP) is 0.680. The van der Waals surface area contributed by atoms with Gasteiger partial charge >= 0.3 is 5.97 Å². The number of amides is 1. The number of hydrogen-bond donors (Lipinski definition) is 2. The van der Waals surface area contributed by atoms with Gasteiger partial charge in [0, 0.05) is 18.9 Å². The molecule has 1 aliphatic heterocycles. The van der Waals surface area contributed by atoms with E-state index in [2.05, 4.69) is 0 Å². The van der Waals surface area contributed by atoms with Crippen molar-refractivity contribution in [2.45, 2.75) is 6.42 Å². The minimum absolute atomic E-state index is 0.0106. The summed E-state index contributed by atoms with van der Waals surface area (Å²) >= 11 is 6.00. The van der Waals surface area contributed by atoms with E-state index >= 15 is 0 Å². The lowest BCUT2D eigenvalue weighted by Gasteiger charge is -2.18. The Morgan fingerprint density at radius 1 is 1.48 bits per heavy atom. The molecule has 1 saturated heterocycles. The van der Waals surface area contributed by atoms with Crippen LogP contribution < -0.4 is 10.0 Å². The highest BCUT2D eigenvalue weighted by Crippen LogP contribution is 2.32. The van der Waals surface area contributed by atoms with Gasteiger partial charge in [0.25, 0.3) is 0 Å². The predicted molar refractivity (Wildman–Crippen MR) is 76.8 cm³/mol. The lowest BCUT2D eigenvalue weighted by atomic mass is 10.1. The summed E-state index contributed by atoms with van der Waals surface area (Å²) in [6, 6.07) is 4.02. The number of rotatable bonds is 4. The van der Waals surface area contributed by atoms with Crippen LogP contribution in [0.2, 0.25) is 5.02 Å². The molecule has 0 saturated carbocycles. The van der Waals surface area contributed by atoms with E-state index in [1.165, 1.54) is 23.1 Å². The number of primary sulfonamides is 1. The number of carboxylic acids is 1. The Morgan fingerprint density at radius 2 is 2.14 bits per heavy atom. The van der Waals surface area contributed by atoms with Crippen molar-refractivity contribution in [2.75, 3.05) is 17.2 Å². The van der Waals surface area contributed by atoms with Gasteiger partial charge in [0.2, 0.25) is 15.9 Å². The summed E-state index contributed by atoms with van der Waals surface area (Å²) in [5.41, 5.74) is 0.375. The van der Waals surface area contributed by atoms with E-state index in [-0.39, 0.29) is 35.2 Å². The van der Waals surface area contributed by atoms with Gasteiger partial charge in [-0.2, -0.15) is 0 Å². The fourth-order valence-corrected chi connectivity index (χ4v) is 3.48. The highest BCUT2D eigenvalue weighted by atomic mass is 35.5. The molecule has 0 radical (unpaired) electrons. The maximum absolute atomic E-state index is 12.0. The Kier molecular flexibility index (Phi) is 4.22. The van der Waals surface area contributed by atoms with Crippen molar-refractivity contribution >= 4 is 39.2 Å². The SMILES string of the molecule is NS(=O)(=O)CC1CC(=O)N(c2ccc(C(=O)O)cc2Cl)C1. The van der Waals surface area contributed by atoms with Gasteiger partial charge in [0.05, 0.1) is 22.0 Å². The van der Waals surface area contributed by atoms with Gasteiger partial charge in [-0.05, 0) is 18.2 Å². The average Bonchev–Trinajstić information content (AvgIpc) is 2.67. The van der Waals surface area contributed by atoms with Crippen molar-refractivity contribution in [3.63, 3.8) is 0 Å². The number of sulfonamides is 1. The summed E-state index contributed by atoms with van der Waals surface area (Å²) in [5, 5.41) is 14.0. The Bertz CT molecular complexity index is 704. The Labute approximate surface area is 126 Å². The van der Waals surface area contributed by atoms with E-state index in [9.17, 15) is 18.0 Å². The number of nitrogens with zero attached hydrogens (tertiary/aromatic N) is 1. The molecule has 0 aliphatic carbocycles. The minimum atomic E-state index is -3.65. The molecular weight excluding hydrogens is 320 g/mol. The van der Waals surface area contributed by atoms with Gasteiger partial charge in [-0.15, -0.1) is 0 Å². The molecule has 1 unspecified atom stereocenters. The molecule has 1 aliphatic rings. The standard InChI is InChI=1S/C12H13ClN2O5S/c13-9-4-8(12(17)18)1-2-10(9)15-5-7(3-11(15)16)6-21(14,19)20/h1-2,4,7H,3,5-6H2,(H,17,18)(H2,14,19,20). The maximum atomic E-state index is 12.0. The molecule has 1 amide bonds. The van der Waals surface area contributed by atoms with Crippen LogP contribution in [0.4, 0.5) is 5.69 Å². The van der Waals surface area contributed by atoms with Crippen LogP contribution in [-0.4, -0.2) is 37.7 Å². The van der Waals surface area contributed by atoms with E-state index in [1.807, 2.05) is 0 Å². The van der Waals surface area contributed by atoms with Gasteiger partial charge in [0.1, 0.15) is 0 Å². The first-order valence-electron chi connectivity index (χ1n) is 6.01. The van der Waals surface area contributed by atoms with E-state index in [1.54, 1.807) is 0 Å². The van der Waals surface area contributed by atoms with E-state index in [4.69, 9.17) is 21.8 Å². The van der Waals surface area contributed by atoms with E-state index < -0.39 is 21.9 Å². The normalized spacial score (nSPS) is 19.0. The fourth-order valence-electron chi connectivity index (χ4n) is 2.31. The molecule has 114 valence electrons. The summed E-state index contributed by atoms with van der Waals surface area (Å²) < 4.78 is 22.2. The topological polar surface area (TPSA) is 118 Å². The monoisotopic (exact) mass is 332 g/mol. The quantitative estimate of drug-likeness (QED) is 0.840. The lowest BCUT2D eigenvalue weighted by molar-refractivity contribution is -0.117. The number of aromatic carboxylic acids is 1. The van der Waals surface area contributed by atoms with Crippen molar-refractivity contribution in [1.82, 2.24) is 0 Å². The molecule has 7 nitrogen and oxygen atoms in total. The average molecular weight is 333 g/mol. The van der Waals surface area contributed by atoms with E-state index in [0.717, 1.165) is 0 Å². The summed E-state index contributed by atoms with van der Waals surface area (Å²) in [7, 11) is -3.65. The molecule has 1 fully saturated rings. The zero-order valence-electron chi connectivity index (χ0n) is 10.8. The smallest absolute Gasteiger partial charge is 0.335 e. The maximum Gasteiger partial charge on any atom is 0.335 e. The van der Waals surface area contributed by atoms with Gasteiger partial charge in [-0.25, -0.2) is 18.4 Å². The van der Waals surface area contributed by atoms with Gasteiger partial charge in [-0.1, -0.05) is 11.6 Å². The third kappa shape index (κ3) is 3.72. The molecular formula is C12H13ClN2O5S. The first kappa shape index (κ1) is 15.7. The fraction of sp³-hybridized carbons (Fsp3) is 0.333. The largest absolute Gasteiger partial charge is 0.478 e. The summed E-state index contributed by atoms with van der Waals surface area (Å²) in [6.07, 6.45) is 0.0629. The second kappa shape index (κ2) is 5.63. The Balaban J connectivity index is 2.23. The van der Waals surface area contributed by atoms with Crippen LogP contribution in [0.25, 0.3) is 0 Å². The van der Waals surface area contributed by atoms with Crippen LogP contribution in [0.15, 0.2) is 18.2 Å². The number of halogens is 1. The molecule has 2 rings (SSSR count). The number of carbonyl (C=O) groups is 2. The molecule has 0 bridgehead atoms. The number of benzene rings is 1. The zero-order valence-corrected chi connectivity index (χ0v) is 12.4. The molecule has 3 N–H and O–H groups in total. The second-order valence-corrected chi connectivity index (χ2v) is 6.94. The summed E-state index contributed by atoms with van der Waals surface area (Å²) in [4.78, 5) is 24.1. The molecule has 21 heavy (non-hydrogen) atoms. The lowest BCUT2D eigenvalue weighted by Crippen LogP contribution is -2.27. The molecule has 0 aromatic heterocycles. The second-order valence-electron chi connectivity index (χ2n) is 4.88. The van der Waals surface area contributed by atoms with Gasteiger partial charge < -0.3 is 10.0 Å². The van der Waals surface area contributed by atoms with Crippen molar-refractivity contribution < 1.29 is 23.1 Å². The molecule has 9 heteroatoms. The van der Waals surface area contributed by atoms with Crippen molar-refractivity contribution in [3.05, 3.63) is 28.8 Å². The van der Waals surface area contributed by atoms with Crippen LogP contribution in [0.1, 0.15) is 16.8 Å². The summed E-state index contributed by atoms with van der Waals surface area (Å²) in [5.74, 6) is -2.07. The van der Waals surface area contributed by atoms with E-state index in [0.29, 0.717) is 5.69 Å². The third-order valence-corrected chi connectivity index (χ3v) is 4.40. The molecule has 0 spiro atoms. The highest BCUT2D eigenvalue weighted by Gasteiger charge is 2.33. The number of anilines is 1. The van der Waals surface area contributed by atoms with Crippen molar-refractivity contribution in [2.24, 2.45) is 11.1 Å². The van der Waals surface area contributed by atoms with Crippen LogP contribution in [0, 0.1) is 5.92 Å². The van der Waals surface area contributed by atoms with Gasteiger partial charge in [-0.3, -0.25) is 4.79 Å². The first-order valence-corrected chi connectivity index (χ1v) is 8.10. The molecule has 1 atom stereocenters. The third-order valence-electron chi connectivity index (χ3n) is 3.16. The Hall–Kier alpha value is -1.64. The van der Waals surface area contributed by atoms with Crippen molar-refractivity contribution in [1.29, 1.82) is 0 Å².